The van der Waals surface area contributed by atoms with Crippen LogP contribution in [0.25, 0.3) is 0 Å². The van der Waals surface area contributed by atoms with Crippen molar-refractivity contribution >= 4 is 5.96 Å². The van der Waals surface area contributed by atoms with Crippen molar-refractivity contribution in [1.82, 2.24) is 4.90 Å². The Balaban J connectivity index is 2.30. The maximum atomic E-state index is 6.10. The fraction of sp³-hybridized carbons (Fsp3) is 0.929. The van der Waals surface area contributed by atoms with Gasteiger partial charge in [-0.3, -0.25) is 4.99 Å². The molecule has 1 heterocycles. The van der Waals surface area contributed by atoms with Crippen LogP contribution in [0.4, 0.5) is 0 Å². The zero-order chi connectivity index (χ0) is 12.8. The Hall–Kier alpha value is -0.730. The minimum Gasteiger partial charge on any atom is -0.370 e. The molecule has 0 aromatic rings. The second kappa shape index (κ2) is 3.89. The number of hydrogen-bond donors (Lipinski definition) is 1. The van der Waals surface area contributed by atoms with Crippen LogP contribution in [0.3, 0.4) is 0 Å². The third-order valence-electron chi connectivity index (χ3n) is 4.25. The van der Waals surface area contributed by atoms with Crippen LogP contribution in [-0.4, -0.2) is 29.0 Å². The van der Waals surface area contributed by atoms with Crippen molar-refractivity contribution in [1.29, 1.82) is 0 Å². The van der Waals surface area contributed by atoms with Gasteiger partial charge in [0.2, 0.25) is 0 Å². The second-order valence-electron chi connectivity index (χ2n) is 7.22. The van der Waals surface area contributed by atoms with Crippen LogP contribution < -0.4 is 5.73 Å². The van der Waals surface area contributed by atoms with E-state index in [1.165, 1.54) is 19.3 Å². The van der Waals surface area contributed by atoms with Gasteiger partial charge < -0.3 is 10.6 Å². The quantitative estimate of drug-likeness (QED) is 0.761. The molecule has 0 aromatic carbocycles. The summed E-state index contributed by atoms with van der Waals surface area (Å²) in [7, 11) is 0. The van der Waals surface area contributed by atoms with Gasteiger partial charge in [-0.25, -0.2) is 0 Å². The highest BCUT2D eigenvalue weighted by Gasteiger charge is 2.50. The molecule has 98 valence electrons. The Kier molecular flexibility index (Phi) is 2.91. The third kappa shape index (κ3) is 2.16. The van der Waals surface area contributed by atoms with E-state index in [4.69, 9.17) is 5.73 Å². The SMILES string of the molecule is CC1CC(C)(C)CC2(CN=C(N)N2C(C)C)C1. The van der Waals surface area contributed by atoms with Gasteiger partial charge in [0, 0.05) is 6.04 Å². The van der Waals surface area contributed by atoms with E-state index in [1.54, 1.807) is 0 Å². The molecule has 0 bridgehead atoms. The smallest absolute Gasteiger partial charge is 0.192 e. The number of hydrogen-bond acceptors (Lipinski definition) is 3. The molecule has 3 nitrogen and oxygen atoms in total. The molecule has 0 amide bonds. The highest BCUT2D eigenvalue weighted by molar-refractivity contribution is 5.81. The molecular weight excluding hydrogens is 210 g/mol. The van der Waals surface area contributed by atoms with Gasteiger partial charge in [-0.15, -0.1) is 0 Å². The Bertz CT molecular complexity index is 332. The van der Waals surface area contributed by atoms with Gasteiger partial charge >= 0.3 is 0 Å². The number of rotatable bonds is 1. The number of aliphatic imine (C=N–C) groups is 1. The van der Waals surface area contributed by atoms with E-state index < -0.39 is 0 Å². The van der Waals surface area contributed by atoms with Crippen molar-refractivity contribution in [3.8, 4) is 0 Å². The molecule has 1 aliphatic carbocycles. The summed E-state index contributed by atoms with van der Waals surface area (Å²) in [5.41, 5.74) is 6.70. The van der Waals surface area contributed by atoms with Crippen molar-refractivity contribution in [2.45, 2.75) is 65.5 Å². The van der Waals surface area contributed by atoms with E-state index in [-0.39, 0.29) is 5.54 Å². The van der Waals surface area contributed by atoms with Crippen LogP contribution in [0.1, 0.15) is 53.9 Å². The van der Waals surface area contributed by atoms with E-state index in [2.05, 4.69) is 44.5 Å². The van der Waals surface area contributed by atoms with Crippen LogP contribution in [-0.2, 0) is 0 Å². The Morgan fingerprint density at radius 2 is 2.00 bits per heavy atom. The molecule has 2 unspecified atom stereocenters. The van der Waals surface area contributed by atoms with Crippen LogP contribution in [0.2, 0.25) is 0 Å². The highest BCUT2D eigenvalue weighted by atomic mass is 15.4. The number of nitrogens with zero attached hydrogens (tertiary/aromatic N) is 2. The summed E-state index contributed by atoms with van der Waals surface area (Å²) in [6.07, 6.45) is 3.77. The highest BCUT2D eigenvalue weighted by Crippen LogP contribution is 2.48. The lowest BCUT2D eigenvalue weighted by molar-refractivity contribution is 0.0250. The molecule has 17 heavy (non-hydrogen) atoms. The molecule has 0 aromatic heterocycles. The lowest BCUT2D eigenvalue weighted by atomic mass is 9.63. The number of guanidine groups is 1. The average molecular weight is 237 g/mol. The lowest BCUT2D eigenvalue weighted by Crippen LogP contribution is -2.59. The van der Waals surface area contributed by atoms with E-state index >= 15 is 0 Å². The Morgan fingerprint density at radius 1 is 1.35 bits per heavy atom. The van der Waals surface area contributed by atoms with E-state index in [0.29, 0.717) is 11.5 Å². The Morgan fingerprint density at radius 3 is 2.53 bits per heavy atom. The molecule has 0 radical (unpaired) electrons. The van der Waals surface area contributed by atoms with Crippen molar-refractivity contribution in [2.75, 3.05) is 6.54 Å². The summed E-state index contributed by atoms with van der Waals surface area (Å²) in [5, 5.41) is 0. The van der Waals surface area contributed by atoms with Gasteiger partial charge in [0.25, 0.3) is 0 Å². The first kappa shape index (κ1) is 12.7. The van der Waals surface area contributed by atoms with Crippen molar-refractivity contribution in [3.63, 3.8) is 0 Å². The summed E-state index contributed by atoms with van der Waals surface area (Å²) in [6, 6.07) is 0.447. The zero-order valence-corrected chi connectivity index (χ0v) is 12.0. The van der Waals surface area contributed by atoms with Gasteiger partial charge in [-0.1, -0.05) is 20.8 Å². The van der Waals surface area contributed by atoms with Gasteiger partial charge in [0.1, 0.15) is 0 Å². The molecule has 1 spiro atoms. The minimum absolute atomic E-state index is 0.194. The first-order chi connectivity index (χ1) is 7.76. The summed E-state index contributed by atoms with van der Waals surface area (Å²) in [4.78, 5) is 6.92. The van der Waals surface area contributed by atoms with Crippen LogP contribution in [0.5, 0.6) is 0 Å². The maximum absolute atomic E-state index is 6.10. The standard InChI is InChI=1S/C14H27N3/c1-10(2)17-12(15)16-9-14(17)7-11(3)6-13(4,5)8-14/h10-11H,6-9H2,1-5H3,(H2,15,16). The largest absolute Gasteiger partial charge is 0.370 e. The third-order valence-corrected chi connectivity index (χ3v) is 4.25. The molecule has 2 atom stereocenters. The predicted octanol–water partition coefficient (Wildman–Crippen LogP) is 2.61. The van der Waals surface area contributed by atoms with Crippen molar-refractivity contribution in [3.05, 3.63) is 0 Å². The van der Waals surface area contributed by atoms with E-state index in [0.717, 1.165) is 18.4 Å². The topological polar surface area (TPSA) is 41.6 Å². The summed E-state index contributed by atoms with van der Waals surface area (Å²) in [6.45, 7) is 12.5. The average Bonchev–Trinajstić information content (AvgIpc) is 2.38. The maximum Gasteiger partial charge on any atom is 0.192 e. The first-order valence-electron chi connectivity index (χ1n) is 6.85. The fourth-order valence-electron chi connectivity index (χ4n) is 4.44. The van der Waals surface area contributed by atoms with Gasteiger partial charge in [0.15, 0.2) is 5.96 Å². The summed E-state index contributed by atoms with van der Waals surface area (Å²) >= 11 is 0. The number of nitrogens with two attached hydrogens (primary N) is 1. The molecule has 1 aliphatic heterocycles. The molecule has 2 aliphatic rings. The van der Waals surface area contributed by atoms with Crippen LogP contribution in [0, 0.1) is 11.3 Å². The first-order valence-corrected chi connectivity index (χ1v) is 6.85. The van der Waals surface area contributed by atoms with Crippen LogP contribution in [0.15, 0.2) is 4.99 Å². The van der Waals surface area contributed by atoms with E-state index in [9.17, 15) is 0 Å². The monoisotopic (exact) mass is 237 g/mol. The fourth-order valence-corrected chi connectivity index (χ4v) is 4.44. The van der Waals surface area contributed by atoms with Crippen LogP contribution >= 0.6 is 0 Å². The predicted molar refractivity (Wildman–Crippen MR) is 73.0 cm³/mol. The molecule has 1 fully saturated rings. The van der Waals surface area contributed by atoms with E-state index in [1.807, 2.05) is 0 Å². The van der Waals surface area contributed by atoms with Gasteiger partial charge in [0.05, 0.1) is 12.1 Å². The molecule has 3 heteroatoms. The molecule has 0 saturated heterocycles. The molecule has 2 rings (SSSR count). The van der Waals surface area contributed by atoms with Crippen molar-refractivity contribution < 1.29 is 0 Å². The molecule has 1 saturated carbocycles. The summed E-state index contributed by atoms with van der Waals surface area (Å²) < 4.78 is 0. The molecule has 2 N–H and O–H groups in total. The molecular formula is C14H27N3. The second-order valence-corrected chi connectivity index (χ2v) is 7.22. The summed E-state index contributed by atoms with van der Waals surface area (Å²) in [5.74, 6) is 1.52. The normalized spacial score (nSPS) is 36.7. The minimum atomic E-state index is 0.194. The van der Waals surface area contributed by atoms with Crippen molar-refractivity contribution in [2.24, 2.45) is 22.1 Å². The lowest BCUT2D eigenvalue weighted by Gasteiger charge is -2.51. The Labute approximate surface area is 105 Å². The zero-order valence-electron chi connectivity index (χ0n) is 12.0. The van der Waals surface area contributed by atoms with Gasteiger partial charge in [-0.2, -0.15) is 0 Å². The van der Waals surface area contributed by atoms with Gasteiger partial charge in [-0.05, 0) is 44.4 Å².